The summed E-state index contributed by atoms with van der Waals surface area (Å²) in [5.41, 5.74) is 1.87. The third-order valence-electron chi connectivity index (χ3n) is 3.62. The third-order valence-corrected chi connectivity index (χ3v) is 3.62. The Balaban J connectivity index is 1.57. The van der Waals surface area contributed by atoms with E-state index in [0.717, 1.165) is 11.1 Å². The monoisotopic (exact) mass is 343 g/mol. The largest absolute Gasteiger partial charge is 0.444 e. The quantitative estimate of drug-likeness (QED) is 0.836. The molecule has 7 heteroatoms. The van der Waals surface area contributed by atoms with E-state index in [2.05, 4.69) is 5.10 Å². The Hall–Kier alpha value is -2.83. The summed E-state index contributed by atoms with van der Waals surface area (Å²) in [7, 11) is 0. The van der Waals surface area contributed by atoms with Gasteiger partial charge in [-0.15, -0.1) is 0 Å². The molecular weight excluding hydrogens is 322 g/mol. The van der Waals surface area contributed by atoms with E-state index in [-0.39, 0.29) is 12.7 Å². The maximum absolute atomic E-state index is 12.1. The SMILES string of the molecule is CC(C)(C)OC(=O)N1Cc2cn(C(=O)OCc3ccccc3)nc2C1. The van der Waals surface area contributed by atoms with Crippen molar-refractivity contribution in [3.05, 3.63) is 53.3 Å². The average molecular weight is 343 g/mol. The molecule has 0 fully saturated rings. The number of hydrogen-bond acceptors (Lipinski definition) is 5. The highest BCUT2D eigenvalue weighted by Crippen LogP contribution is 2.23. The molecule has 0 atom stereocenters. The minimum absolute atomic E-state index is 0.189. The maximum atomic E-state index is 12.1. The Labute approximate surface area is 146 Å². The van der Waals surface area contributed by atoms with Gasteiger partial charge in [-0.3, -0.25) is 4.90 Å². The minimum atomic E-state index is -0.543. The summed E-state index contributed by atoms with van der Waals surface area (Å²) in [6.45, 7) is 6.35. The third kappa shape index (κ3) is 4.17. The summed E-state index contributed by atoms with van der Waals surface area (Å²) in [6, 6.07) is 9.44. The van der Waals surface area contributed by atoms with Gasteiger partial charge < -0.3 is 9.47 Å². The Bertz CT molecular complexity index is 754. The van der Waals surface area contributed by atoms with E-state index in [4.69, 9.17) is 9.47 Å². The molecule has 132 valence electrons. The first-order valence-electron chi connectivity index (χ1n) is 8.08. The van der Waals surface area contributed by atoms with Crippen LogP contribution in [0.1, 0.15) is 37.6 Å². The van der Waals surface area contributed by atoms with E-state index < -0.39 is 11.7 Å². The highest BCUT2D eigenvalue weighted by atomic mass is 16.6. The van der Waals surface area contributed by atoms with Gasteiger partial charge in [0.2, 0.25) is 0 Å². The summed E-state index contributed by atoms with van der Waals surface area (Å²) < 4.78 is 11.8. The first-order valence-corrected chi connectivity index (χ1v) is 8.08. The van der Waals surface area contributed by atoms with Crippen molar-refractivity contribution in [1.82, 2.24) is 14.7 Å². The second-order valence-electron chi connectivity index (χ2n) is 6.92. The van der Waals surface area contributed by atoms with Gasteiger partial charge in [0.05, 0.1) is 18.8 Å². The molecule has 0 radical (unpaired) electrons. The van der Waals surface area contributed by atoms with Crippen molar-refractivity contribution < 1.29 is 19.1 Å². The van der Waals surface area contributed by atoms with Gasteiger partial charge in [-0.1, -0.05) is 30.3 Å². The molecule has 2 heterocycles. The van der Waals surface area contributed by atoms with Crippen LogP contribution >= 0.6 is 0 Å². The summed E-state index contributed by atoms with van der Waals surface area (Å²) in [4.78, 5) is 25.7. The molecule has 3 rings (SSSR count). The zero-order valence-electron chi connectivity index (χ0n) is 14.6. The second-order valence-corrected chi connectivity index (χ2v) is 6.92. The van der Waals surface area contributed by atoms with Crippen LogP contribution in [0.15, 0.2) is 36.5 Å². The number of rotatable bonds is 2. The number of carbonyl (C=O) groups is 2. The van der Waals surface area contributed by atoms with Crippen molar-refractivity contribution in [2.75, 3.05) is 0 Å². The normalized spacial score (nSPS) is 13.5. The predicted molar refractivity (Wildman–Crippen MR) is 89.7 cm³/mol. The number of hydrogen-bond donors (Lipinski definition) is 0. The van der Waals surface area contributed by atoms with Crippen molar-refractivity contribution in [2.24, 2.45) is 0 Å². The first kappa shape index (κ1) is 17.0. The summed E-state index contributed by atoms with van der Waals surface area (Å²) in [5.74, 6) is 0. The number of nitrogens with zero attached hydrogens (tertiary/aromatic N) is 3. The van der Waals surface area contributed by atoms with Crippen LogP contribution in [0.3, 0.4) is 0 Å². The molecule has 25 heavy (non-hydrogen) atoms. The first-order chi connectivity index (χ1) is 11.8. The molecule has 1 amide bonds. The molecule has 0 spiro atoms. The van der Waals surface area contributed by atoms with E-state index >= 15 is 0 Å². The van der Waals surface area contributed by atoms with E-state index in [0.29, 0.717) is 18.8 Å². The van der Waals surface area contributed by atoms with Gasteiger partial charge in [-0.05, 0) is 26.3 Å². The molecule has 0 N–H and O–H groups in total. The van der Waals surface area contributed by atoms with Gasteiger partial charge >= 0.3 is 12.2 Å². The highest BCUT2D eigenvalue weighted by Gasteiger charge is 2.30. The van der Waals surface area contributed by atoms with E-state index in [9.17, 15) is 9.59 Å². The van der Waals surface area contributed by atoms with Crippen LogP contribution in [0.25, 0.3) is 0 Å². The standard InChI is InChI=1S/C18H21N3O4/c1-18(2,3)25-16(22)20-9-14-10-21(19-15(14)11-20)17(23)24-12-13-7-5-4-6-8-13/h4-8,10H,9,11-12H2,1-3H3. The molecule has 0 saturated heterocycles. The molecule has 0 bridgehead atoms. The van der Waals surface area contributed by atoms with Crippen molar-refractivity contribution in [3.8, 4) is 0 Å². The van der Waals surface area contributed by atoms with Gasteiger partial charge in [0.1, 0.15) is 12.2 Å². The minimum Gasteiger partial charge on any atom is -0.444 e. The van der Waals surface area contributed by atoms with E-state index in [1.165, 1.54) is 4.68 Å². The van der Waals surface area contributed by atoms with Crippen LogP contribution in [0.2, 0.25) is 0 Å². The highest BCUT2D eigenvalue weighted by molar-refractivity contribution is 5.71. The lowest BCUT2D eigenvalue weighted by atomic mass is 10.2. The number of amides is 1. The Morgan fingerprint density at radius 1 is 1.12 bits per heavy atom. The molecule has 1 aromatic heterocycles. The van der Waals surface area contributed by atoms with Gasteiger partial charge in [0, 0.05) is 11.8 Å². The maximum Gasteiger partial charge on any atom is 0.435 e. The topological polar surface area (TPSA) is 73.7 Å². The molecule has 0 aliphatic carbocycles. The fraction of sp³-hybridized carbons (Fsp3) is 0.389. The van der Waals surface area contributed by atoms with Crippen LogP contribution in [0.4, 0.5) is 9.59 Å². The smallest absolute Gasteiger partial charge is 0.435 e. The number of fused-ring (bicyclic) bond motifs is 1. The Morgan fingerprint density at radius 2 is 1.84 bits per heavy atom. The number of aromatic nitrogens is 2. The summed E-state index contributed by atoms with van der Waals surface area (Å²) in [6.07, 6.45) is 0.679. The van der Waals surface area contributed by atoms with Crippen LogP contribution < -0.4 is 0 Å². The van der Waals surface area contributed by atoms with Crippen LogP contribution in [0.5, 0.6) is 0 Å². The van der Waals surface area contributed by atoms with Crippen molar-refractivity contribution in [3.63, 3.8) is 0 Å². The average Bonchev–Trinajstić information content (AvgIpc) is 3.11. The van der Waals surface area contributed by atoms with Crippen LogP contribution in [0, 0.1) is 0 Å². The number of ether oxygens (including phenoxy) is 2. The molecule has 1 aliphatic rings. The van der Waals surface area contributed by atoms with Gasteiger partial charge in [-0.25, -0.2) is 9.59 Å². The van der Waals surface area contributed by atoms with Crippen molar-refractivity contribution >= 4 is 12.2 Å². The molecule has 0 saturated carbocycles. The molecule has 1 aliphatic heterocycles. The predicted octanol–water partition coefficient (Wildman–Crippen LogP) is 3.32. The van der Waals surface area contributed by atoms with Gasteiger partial charge in [0.15, 0.2) is 0 Å². The number of benzene rings is 1. The van der Waals surface area contributed by atoms with Crippen molar-refractivity contribution in [2.45, 2.75) is 46.1 Å². The van der Waals surface area contributed by atoms with Gasteiger partial charge in [-0.2, -0.15) is 9.78 Å². The van der Waals surface area contributed by atoms with Crippen LogP contribution in [-0.4, -0.2) is 32.5 Å². The molecule has 2 aromatic rings. The zero-order valence-corrected chi connectivity index (χ0v) is 14.6. The van der Waals surface area contributed by atoms with Gasteiger partial charge in [0.25, 0.3) is 0 Å². The lowest BCUT2D eigenvalue weighted by Crippen LogP contribution is -2.33. The van der Waals surface area contributed by atoms with Crippen LogP contribution in [-0.2, 0) is 29.2 Å². The van der Waals surface area contributed by atoms with E-state index in [1.807, 2.05) is 51.1 Å². The van der Waals surface area contributed by atoms with E-state index in [1.54, 1.807) is 11.1 Å². The zero-order chi connectivity index (χ0) is 18.0. The lowest BCUT2D eigenvalue weighted by Gasteiger charge is -2.24. The molecule has 1 aromatic carbocycles. The Kier molecular flexibility index (Phi) is 4.48. The van der Waals surface area contributed by atoms with Crippen molar-refractivity contribution in [1.29, 1.82) is 0 Å². The second kappa shape index (κ2) is 6.58. The Morgan fingerprint density at radius 3 is 2.48 bits per heavy atom. The fourth-order valence-corrected chi connectivity index (χ4v) is 2.49. The lowest BCUT2D eigenvalue weighted by molar-refractivity contribution is 0.0239. The molecular formula is C18H21N3O4. The fourth-order valence-electron chi connectivity index (χ4n) is 2.49. The number of carbonyl (C=O) groups excluding carboxylic acids is 2. The summed E-state index contributed by atoms with van der Waals surface area (Å²) >= 11 is 0. The summed E-state index contributed by atoms with van der Waals surface area (Å²) in [5, 5.41) is 4.22. The molecule has 7 nitrogen and oxygen atoms in total. The molecule has 0 unspecified atom stereocenters.